The number of hydrogen-bond donors (Lipinski definition) is 1. The number of aromatic nitrogens is 2. The van der Waals surface area contributed by atoms with E-state index in [2.05, 4.69) is 25.9 Å². The van der Waals surface area contributed by atoms with Gasteiger partial charge in [-0.25, -0.2) is 14.8 Å². The first kappa shape index (κ1) is 19.7. The van der Waals surface area contributed by atoms with Gasteiger partial charge in [-0.2, -0.15) is 0 Å². The summed E-state index contributed by atoms with van der Waals surface area (Å²) in [6, 6.07) is 3.60. The summed E-state index contributed by atoms with van der Waals surface area (Å²) < 4.78 is 6.12. The van der Waals surface area contributed by atoms with Gasteiger partial charge in [0.2, 0.25) is 5.95 Å². The van der Waals surface area contributed by atoms with E-state index in [4.69, 9.17) is 22.1 Å². The Morgan fingerprint density at radius 2 is 2.07 bits per heavy atom. The monoisotopic (exact) mass is 453 g/mol. The van der Waals surface area contributed by atoms with Crippen LogP contribution < -0.4 is 10.5 Å². The summed E-state index contributed by atoms with van der Waals surface area (Å²) in [5, 5.41) is 0.507. The number of ether oxygens (including phenoxy) is 1. The number of amides is 2. The minimum atomic E-state index is -0.0630. The number of nitrogen functional groups attached to an aromatic ring is 1. The molecule has 2 amide bonds. The van der Waals surface area contributed by atoms with Crippen molar-refractivity contribution in [1.82, 2.24) is 19.8 Å². The zero-order valence-corrected chi connectivity index (χ0v) is 17.9. The van der Waals surface area contributed by atoms with Crippen molar-refractivity contribution in [3.8, 4) is 17.0 Å². The predicted octanol–water partition coefficient (Wildman–Crippen LogP) is 3.93. The molecule has 0 fully saturated rings. The smallest absolute Gasteiger partial charge is 0.320 e. The Bertz CT molecular complexity index is 906. The Balaban J connectivity index is 2.05. The summed E-state index contributed by atoms with van der Waals surface area (Å²) in [5.41, 5.74) is 8.82. The standard InChI is InChI=1S/C18H21BrClN5O2/c1-9(2)24(3)18(26)25-7-11-14(8-25)22-17(21)23-16(11)10-5-15(27-4)12(19)6-13(10)20/h5-6,9H,7-8H2,1-4H3,(H2,21,22,23). The van der Waals surface area contributed by atoms with Crippen molar-refractivity contribution in [2.75, 3.05) is 19.9 Å². The number of anilines is 1. The fraction of sp³-hybridized carbons (Fsp3) is 0.389. The van der Waals surface area contributed by atoms with Crippen molar-refractivity contribution in [1.29, 1.82) is 0 Å². The third kappa shape index (κ3) is 3.68. The molecule has 0 spiro atoms. The third-order valence-corrected chi connectivity index (χ3v) is 5.58. The number of urea groups is 1. The van der Waals surface area contributed by atoms with Crippen LogP contribution in [0.2, 0.25) is 5.02 Å². The van der Waals surface area contributed by atoms with Crippen molar-refractivity contribution < 1.29 is 9.53 Å². The SMILES string of the molecule is COc1cc(-c2nc(N)nc3c2CN(C(=O)N(C)C(C)C)C3)c(Cl)cc1Br. The van der Waals surface area contributed by atoms with E-state index in [1.165, 1.54) is 0 Å². The fourth-order valence-corrected chi connectivity index (χ4v) is 3.83. The van der Waals surface area contributed by atoms with E-state index in [-0.39, 0.29) is 18.0 Å². The summed E-state index contributed by atoms with van der Waals surface area (Å²) in [4.78, 5) is 24.9. The van der Waals surface area contributed by atoms with Gasteiger partial charge in [0.25, 0.3) is 0 Å². The molecule has 2 heterocycles. The first-order chi connectivity index (χ1) is 12.7. The number of benzene rings is 1. The Morgan fingerprint density at radius 1 is 1.37 bits per heavy atom. The zero-order valence-electron chi connectivity index (χ0n) is 15.6. The molecular formula is C18H21BrClN5O2. The van der Waals surface area contributed by atoms with Crippen LogP contribution >= 0.6 is 27.5 Å². The van der Waals surface area contributed by atoms with E-state index < -0.39 is 0 Å². The second-order valence-corrected chi connectivity index (χ2v) is 7.93. The summed E-state index contributed by atoms with van der Waals surface area (Å²) in [6.07, 6.45) is 0. The largest absolute Gasteiger partial charge is 0.496 e. The van der Waals surface area contributed by atoms with E-state index in [0.717, 1.165) is 15.7 Å². The molecule has 0 saturated carbocycles. The van der Waals surface area contributed by atoms with Crippen LogP contribution in [-0.2, 0) is 13.1 Å². The second kappa shape index (κ2) is 7.52. The fourth-order valence-electron chi connectivity index (χ4n) is 2.94. The van der Waals surface area contributed by atoms with Gasteiger partial charge in [-0.1, -0.05) is 11.6 Å². The maximum Gasteiger partial charge on any atom is 0.320 e. The number of hydrogen-bond acceptors (Lipinski definition) is 5. The molecule has 1 aliphatic rings. The predicted molar refractivity (Wildman–Crippen MR) is 109 cm³/mol. The number of halogens is 2. The maximum absolute atomic E-state index is 12.7. The Kier molecular flexibility index (Phi) is 5.48. The molecule has 0 bridgehead atoms. The molecule has 9 heteroatoms. The van der Waals surface area contributed by atoms with Crippen molar-refractivity contribution in [2.45, 2.75) is 33.0 Å². The van der Waals surface area contributed by atoms with Gasteiger partial charge in [0.1, 0.15) is 5.75 Å². The second-order valence-electron chi connectivity index (χ2n) is 6.67. The van der Waals surface area contributed by atoms with Gasteiger partial charge in [-0.3, -0.25) is 0 Å². The number of methoxy groups -OCH3 is 1. The van der Waals surface area contributed by atoms with Crippen LogP contribution in [0.5, 0.6) is 5.75 Å². The van der Waals surface area contributed by atoms with Crippen molar-refractivity contribution in [2.24, 2.45) is 0 Å². The van der Waals surface area contributed by atoms with Gasteiger partial charge < -0.3 is 20.3 Å². The van der Waals surface area contributed by atoms with E-state index >= 15 is 0 Å². The van der Waals surface area contributed by atoms with Crippen molar-refractivity contribution in [3.05, 3.63) is 32.9 Å². The first-order valence-electron chi connectivity index (χ1n) is 8.43. The van der Waals surface area contributed by atoms with Gasteiger partial charge in [-0.15, -0.1) is 0 Å². The molecule has 0 aliphatic carbocycles. The summed E-state index contributed by atoms with van der Waals surface area (Å²) in [6.45, 7) is 4.72. The molecule has 7 nitrogen and oxygen atoms in total. The van der Waals surface area contributed by atoms with Gasteiger partial charge in [0, 0.05) is 24.2 Å². The lowest BCUT2D eigenvalue weighted by Gasteiger charge is -2.27. The molecule has 1 aromatic heterocycles. The normalized spacial score (nSPS) is 13.1. The Labute approximate surface area is 171 Å². The van der Waals surface area contributed by atoms with Crippen LogP contribution in [0.15, 0.2) is 16.6 Å². The van der Waals surface area contributed by atoms with E-state index in [0.29, 0.717) is 35.1 Å². The molecule has 27 heavy (non-hydrogen) atoms. The number of carbonyl (C=O) groups excluding carboxylic acids is 1. The van der Waals surface area contributed by atoms with Crippen LogP contribution in [0.4, 0.5) is 10.7 Å². The lowest BCUT2D eigenvalue weighted by molar-refractivity contribution is 0.152. The quantitative estimate of drug-likeness (QED) is 0.759. The van der Waals surface area contributed by atoms with Crippen LogP contribution in [0, 0.1) is 0 Å². The van der Waals surface area contributed by atoms with Gasteiger partial charge in [0.15, 0.2) is 0 Å². The summed E-state index contributed by atoms with van der Waals surface area (Å²) in [5.74, 6) is 0.777. The average Bonchev–Trinajstić information content (AvgIpc) is 3.03. The van der Waals surface area contributed by atoms with Crippen LogP contribution in [0.25, 0.3) is 11.3 Å². The minimum absolute atomic E-state index is 0.0630. The Morgan fingerprint density at radius 3 is 2.70 bits per heavy atom. The zero-order chi connectivity index (χ0) is 19.9. The van der Waals surface area contributed by atoms with Crippen LogP contribution in [0.3, 0.4) is 0 Å². The van der Waals surface area contributed by atoms with E-state index in [1.54, 1.807) is 36.1 Å². The molecule has 0 radical (unpaired) electrons. The molecular weight excluding hydrogens is 434 g/mol. The molecule has 2 aromatic rings. The first-order valence-corrected chi connectivity index (χ1v) is 9.60. The molecule has 144 valence electrons. The van der Waals surface area contributed by atoms with Gasteiger partial charge in [0.05, 0.1) is 41.1 Å². The molecule has 2 N–H and O–H groups in total. The van der Waals surface area contributed by atoms with Gasteiger partial charge >= 0.3 is 6.03 Å². The molecule has 0 atom stereocenters. The van der Waals surface area contributed by atoms with E-state index in [1.807, 2.05) is 13.8 Å². The number of rotatable bonds is 3. The molecule has 1 aliphatic heterocycles. The topological polar surface area (TPSA) is 84.6 Å². The highest BCUT2D eigenvalue weighted by molar-refractivity contribution is 9.10. The highest BCUT2D eigenvalue weighted by atomic mass is 79.9. The highest BCUT2D eigenvalue weighted by Crippen LogP contribution is 2.40. The average molecular weight is 455 g/mol. The maximum atomic E-state index is 12.7. The third-order valence-electron chi connectivity index (χ3n) is 4.64. The lowest BCUT2D eigenvalue weighted by atomic mass is 10.1. The number of nitrogens with two attached hydrogens (primary N) is 1. The molecule has 0 saturated heterocycles. The number of fused-ring (bicyclic) bond motifs is 1. The molecule has 1 aromatic carbocycles. The van der Waals surface area contributed by atoms with E-state index in [9.17, 15) is 4.79 Å². The highest BCUT2D eigenvalue weighted by Gasteiger charge is 2.31. The van der Waals surface area contributed by atoms with Crippen LogP contribution in [-0.4, -0.2) is 46.0 Å². The number of carbonyl (C=O) groups is 1. The van der Waals surface area contributed by atoms with Gasteiger partial charge in [-0.05, 0) is 41.9 Å². The Hall–Kier alpha value is -2.06. The summed E-state index contributed by atoms with van der Waals surface area (Å²) >= 11 is 9.89. The molecule has 3 rings (SSSR count). The van der Waals surface area contributed by atoms with Crippen LogP contribution in [0.1, 0.15) is 25.1 Å². The molecule has 0 unspecified atom stereocenters. The minimum Gasteiger partial charge on any atom is -0.496 e. The summed E-state index contributed by atoms with van der Waals surface area (Å²) in [7, 11) is 3.37. The lowest BCUT2D eigenvalue weighted by Crippen LogP contribution is -2.41. The number of nitrogens with zero attached hydrogens (tertiary/aromatic N) is 4. The van der Waals surface area contributed by atoms with Crippen molar-refractivity contribution in [3.63, 3.8) is 0 Å². The van der Waals surface area contributed by atoms with Crippen molar-refractivity contribution >= 4 is 39.5 Å².